The summed E-state index contributed by atoms with van der Waals surface area (Å²) in [4.78, 5) is 25.6. The summed E-state index contributed by atoms with van der Waals surface area (Å²) in [7, 11) is 0. The van der Waals surface area contributed by atoms with Crippen molar-refractivity contribution in [2.75, 3.05) is 6.54 Å². The molecule has 23 heavy (non-hydrogen) atoms. The lowest BCUT2D eigenvalue weighted by atomic mass is 9.92. The normalized spacial score (nSPS) is 20.4. The van der Waals surface area contributed by atoms with Crippen LogP contribution in [0.1, 0.15) is 18.9 Å². The number of amides is 3. The molecular weight excluding hydrogens is 298 g/mol. The Bertz CT molecular complexity index is 778. The summed E-state index contributed by atoms with van der Waals surface area (Å²) in [6.07, 6.45) is 1.57. The summed E-state index contributed by atoms with van der Waals surface area (Å²) in [5.41, 5.74) is 0.235. The summed E-state index contributed by atoms with van der Waals surface area (Å²) in [5.74, 6) is -0.368. The topological polar surface area (TPSA) is 117 Å². The number of nitrogens with zero attached hydrogens (tertiary/aromatic N) is 6. The number of hydrogen-bond donors (Lipinski definition) is 1. The van der Waals surface area contributed by atoms with E-state index >= 15 is 0 Å². The number of carbonyl (C=O) groups is 2. The highest BCUT2D eigenvalue weighted by atomic mass is 16.2. The molecule has 0 aliphatic carbocycles. The number of nitriles is 1. The fraction of sp³-hybridized carbons (Fsp3) is 0.286. The van der Waals surface area contributed by atoms with E-state index in [1.54, 1.807) is 31.2 Å². The van der Waals surface area contributed by atoms with Crippen molar-refractivity contribution in [2.24, 2.45) is 0 Å². The molecule has 1 unspecified atom stereocenters. The van der Waals surface area contributed by atoms with E-state index in [-0.39, 0.29) is 18.9 Å². The Labute approximate surface area is 131 Å². The number of urea groups is 1. The Morgan fingerprint density at radius 1 is 1.30 bits per heavy atom. The number of carbonyl (C=O) groups excluding carboxylic acids is 2. The van der Waals surface area contributed by atoms with Gasteiger partial charge in [-0.1, -0.05) is 12.1 Å². The van der Waals surface area contributed by atoms with Crippen molar-refractivity contribution in [3.05, 3.63) is 36.2 Å². The molecule has 3 rings (SSSR count). The van der Waals surface area contributed by atoms with Gasteiger partial charge in [-0.05, 0) is 35.0 Å². The molecule has 2 heterocycles. The Morgan fingerprint density at radius 2 is 2.04 bits per heavy atom. The van der Waals surface area contributed by atoms with Crippen LogP contribution in [0.5, 0.6) is 0 Å². The zero-order chi connectivity index (χ0) is 16.4. The molecule has 9 nitrogen and oxygen atoms in total. The first-order valence-electron chi connectivity index (χ1n) is 6.91. The monoisotopic (exact) mass is 311 g/mol. The zero-order valence-electron chi connectivity index (χ0n) is 12.3. The lowest BCUT2D eigenvalue weighted by molar-refractivity contribution is -0.131. The summed E-state index contributed by atoms with van der Waals surface area (Å²) in [5, 5.41) is 22.2. The molecule has 1 aliphatic rings. The van der Waals surface area contributed by atoms with E-state index in [4.69, 9.17) is 5.26 Å². The van der Waals surface area contributed by atoms with Gasteiger partial charge >= 0.3 is 6.03 Å². The molecule has 1 atom stereocenters. The average Bonchev–Trinajstić information content (AvgIpc) is 3.15. The minimum absolute atomic E-state index is 0.0828. The van der Waals surface area contributed by atoms with Crippen molar-refractivity contribution in [3.63, 3.8) is 0 Å². The number of benzene rings is 1. The van der Waals surface area contributed by atoms with Gasteiger partial charge in [0.25, 0.3) is 5.91 Å². The third-order valence-electron chi connectivity index (χ3n) is 3.78. The summed E-state index contributed by atoms with van der Waals surface area (Å²) in [6, 6.07) is 8.44. The highest BCUT2D eigenvalue weighted by Gasteiger charge is 2.48. The molecule has 1 aromatic carbocycles. The van der Waals surface area contributed by atoms with Crippen molar-refractivity contribution in [1.82, 2.24) is 30.4 Å². The fourth-order valence-electron chi connectivity index (χ4n) is 2.48. The van der Waals surface area contributed by atoms with Crippen molar-refractivity contribution in [3.8, 4) is 11.8 Å². The van der Waals surface area contributed by atoms with E-state index < -0.39 is 11.6 Å². The van der Waals surface area contributed by atoms with E-state index in [0.29, 0.717) is 5.56 Å². The molecule has 1 aromatic heterocycles. The minimum atomic E-state index is -1.15. The second-order valence-electron chi connectivity index (χ2n) is 5.22. The largest absolute Gasteiger partial charge is 0.325 e. The molecule has 116 valence electrons. The highest BCUT2D eigenvalue weighted by Crippen LogP contribution is 2.29. The number of tetrazole rings is 1. The first-order valence-corrected chi connectivity index (χ1v) is 6.91. The van der Waals surface area contributed by atoms with Crippen LogP contribution in [0.3, 0.4) is 0 Å². The lowest BCUT2D eigenvalue weighted by Crippen LogP contribution is -2.41. The Balaban J connectivity index is 1.87. The van der Waals surface area contributed by atoms with E-state index in [1.165, 1.54) is 11.0 Å². The molecule has 0 spiro atoms. The molecule has 1 fully saturated rings. The highest BCUT2D eigenvalue weighted by molar-refractivity contribution is 6.07. The minimum Gasteiger partial charge on any atom is -0.319 e. The van der Waals surface area contributed by atoms with Crippen LogP contribution >= 0.6 is 0 Å². The smallest absolute Gasteiger partial charge is 0.319 e. The van der Waals surface area contributed by atoms with E-state index in [2.05, 4.69) is 20.8 Å². The molecule has 9 heteroatoms. The molecule has 1 N–H and O–H groups in total. The summed E-state index contributed by atoms with van der Waals surface area (Å²) < 4.78 is 1.49. The van der Waals surface area contributed by atoms with Crippen LogP contribution in [-0.2, 0) is 10.3 Å². The van der Waals surface area contributed by atoms with Gasteiger partial charge in [0.15, 0.2) is 0 Å². The standard InChI is InChI=1S/C14H13N7O2/c1-14(12(22)20(8-2-7-15)13(23)17-14)10-3-5-11(6-4-10)21-9-16-18-19-21/h3-6,9H,2,8H2,1H3,(H,17,23). The Kier molecular flexibility index (Phi) is 3.50. The third-order valence-corrected chi connectivity index (χ3v) is 3.78. The molecule has 0 bridgehead atoms. The summed E-state index contributed by atoms with van der Waals surface area (Å²) in [6.45, 7) is 1.73. The van der Waals surface area contributed by atoms with Crippen LogP contribution in [-0.4, -0.2) is 43.6 Å². The fourth-order valence-corrected chi connectivity index (χ4v) is 2.48. The van der Waals surface area contributed by atoms with E-state index in [9.17, 15) is 9.59 Å². The predicted molar refractivity (Wildman–Crippen MR) is 77.0 cm³/mol. The van der Waals surface area contributed by atoms with Gasteiger partial charge in [0, 0.05) is 6.54 Å². The van der Waals surface area contributed by atoms with Crippen LogP contribution in [0.25, 0.3) is 5.69 Å². The number of hydrogen-bond acceptors (Lipinski definition) is 6. The lowest BCUT2D eigenvalue weighted by Gasteiger charge is -2.22. The van der Waals surface area contributed by atoms with Gasteiger partial charge in [0.05, 0.1) is 18.2 Å². The van der Waals surface area contributed by atoms with Crippen LogP contribution in [0.4, 0.5) is 4.79 Å². The maximum absolute atomic E-state index is 12.6. The predicted octanol–water partition coefficient (Wildman–Crippen LogP) is 0.343. The summed E-state index contributed by atoms with van der Waals surface area (Å²) >= 11 is 0. The van der Waals surface area contributed by atoms with E-state index in [0.717, 1.165) is 10.6 Å². The van der Waals surface area contributed by atoms with Crippen molar-refractivity contribution in [2.45, 2.75) is 18.9 Å². The van der Waals surface area contributed by atoms with Gasteiger partial charge in [-0.25, -0.2) is 9.48 Å². The average molecular weight is 311 g/mol. The van der Waals surface area contributed by atoms with Gasteiger partial charge in [-0.3, -0.25) is 9.69 Å². The maximum atomic E-state index is 12.6. The first-order chi connectivity index (χ1) is 11.1. The number of aromatic nitrogens is 4. The zero-order valence-corrected chi connectivity index (χ0v) is 12.3. The first kappa shape index (κ1) is 14.6. The maximum Gasteiger partial charge on any atom is 0.325 e. The molecule has 3 amide bonds. The van der Waals surface area contributed by atoms with Gasteiger partial charge in [-0.2, -0.15) is 5.26 Å². The quantitative estimate of drug-likeness (QED) is 0.814. The van der Waals surface area contributed by atoms with Gasteiger partial charge in [0.2, 0.25) is 0 Å². The van der Waals surface area contributed by atoms with Crippen LogP contribution in [0, 0.1) is 11.3 Å². The van der Waals surface area contributed by atoms with Crippen LogP contribution < -0.4 is 5.32 Å². The second kappa shape index (κ2) is 5.49. The third kappa shape index (κ3) is 2.40. The number of nitrogens with one attached hydrogen (secondary N) is 1. The van der Waals surface area contributed by atoms with Gasteiger partial charge in [-0.15, -0.1) is 5.10 Å². The van der Waals surface area contributed by atoms with E-state index in [1.807, 2.05) is 6.07 Å². The Hall–Kier alpha value is -3.28. The van der Waals surface area contributed by atoms with Crippen molar-refractivity contribution < 1.29 is 9.59 Å². The molecule has 0 saturated carbocycles. The second-order valence-corrected chi connectivity index (χ2v) is 5.22. The molecule has 2 aromatic rings. The van der Waals surface area contributed by atoms with Crippen LogP contribution in [0.2, 0.25) is 0 Å². The van der Waals surface area contributed by atoms with Gasteiger partial charge < -0.3 is 5.32 Å². The van der Waals surface area contributed by atoms with Crippen LogP contribution in [0.15, 0.2) is 30.6 Å². The van der Waals surface area contributed by atoms with Gasteiger partial charge in [0.1, 0.15) is 11.9 Å². The molecular formula is C14H13N7O2. The molecule has 1 saturated heterocycles. The van der Waals surface area contributed by atoms with Crippen molar-refractivity contribution >= 4 is 11.9 Å². The van der Waals surface area contributed by atoms with Crippen molar-refractivity contribution in [1.29, 1.82) is 5.26 Å². The SMILES string of the molecule is CC1(c2ccc(-n3cnnn3)cc2)NC(=O)N(CCC#N)C1=O. The number of rotatable bonds is 4. The number of imide groups is 1. The Morgan fingerprint density at radius 3 is 2.65 bits per heavy atom. The molecule has 0 radical (unpaired) electrons. The molecule has 1 aliphatic heterocycles.